The minimum Gasteiger partial charge on any atom is -0.496 e. The summed E-state index contributed by atoms with van der Waals surface area (Å²) in [6.45, 7) is 3.20. The van der Waals surface area contributed by atoms with E-state index < -0.39 is 17.6 Å². The van der Waals surface area contributed by atoms with Gasteiger partial charge in [-0.2, -0.15) is 13.2 Å². The van der Waals surface area contributed by atoms with Gasteiger partial charge in [-0.3, -0.25) is 0 Å². The maximum Gasteiger partial charge on any atom is 0.421 e. The average Bonchev–Trinajstić information content (AvgIpc) is 2.69. The molecular formula is C19H23F3N4O2. The largest absolute Gasteiger partial charge is 0.496 e. The molecule has 0 aliphatic heterocycles. The summed E-state index contributed by atoms with van der Waals surface area (Å²) in [6, 6.07) is 9.70. The Morgan fingerprint density at radius 2 is 1.93 bits per heavy atom. The van der Waals surface area contributed by atoms with Gasteiger partial charge >= 0.3 is 6.18 Å². The van der Waals surface area contributed by atoms with Crippen LogP contribution >= 0.6 is 0 Å². The Morgan fingerprint density at radius 1 is 1.14 bits per heavy atom. The first-order valence-corrected chi connectivity index (χ1v) is 8.74. The molecule has 0 unspecified atom stereocenters. The molecule has 0 aliphatic rings. The number of rotatable bonds is 8. The molecule has 0 saturated carbocycles. The maximum atomic E-state index is 12.9. The first kappa shape index (κ1) is 21.3. The number of aliphatic imine (C=N–C) groups is 1. The minimum atomic E-state index is -4.51. The van der Waals surface area contributed by atoms with Crippen molar-refractivity contribution in [3.05, 3.63) is 53.7 Å². The lowest BCUT2D eigenvalue weighted by atomic mass is 10.2. The lowest BCUT2D eigenvalue weighted by Gasteiger charge is -2.14. The molecule has 0 spiro atoms. The van der Waals surface area contributed by atoms with Gasteiger partial charge in [0.1, 0.15) is 17.9 Å². The topological polar surface area (TPSA) is 67.8 Å². The molecule has 1 heterocycles. The van der Waals surface area contributed by atoms with Gasteiger partial charge in [-0.15, -0.1) is 0 Å². The van der Waals surface area contributed by atoms with E-state index in [0.29, 0.717) is 19.0 Å². The summed E-state index contributed by atoms with van der Waals surface area (Å²) in [5.74, 6) is 0.821. The molecule has 0 amide bonds. The predicted molar refractivity (Wildman–Crippen MR) is 101 cm³/mol. The van der Waals surface area contributed by atoms with Crippen LogP contribution in [0.3, 0.4) is 0 Å². The molecule has 28 heavy (non-hydrogen) atoms. The molecule has 0 radical (unpaired) electrons. The highest BCUT2D eigenvalue weighted by Gasteiger charge is 2.34. The van der Waals surface area contributed by atoms with E-state index in [2.05, 4.69) is 20.6 Å². The number of benzene rings is 1. The molecule has 0 atom stereocenters. The van der Waals surface area contributed by atoms with Crippen LogP contribution in [-0.4, -0.2) is 37.7 Å². The summed E-state index contributed by atoms with van der Waals surface area (Å²) in [6.07, 6.45) is -3.25. The van der Waals surface area contributed by atoms with Crippen LogP contribution in [0.15, 0.2) is 47.6 Å². The molecule has 2 aromatic rings. The summed E-state index contributed by atoms with van der Waals surface area (Å²) in [4.78, 5) is 8.12. The molecule has 1 aromatic carbocycles. The van der Waals surface area contributed by atoms with Crippen LogP contribution in [0, 0.1) is 0 Å². The Labute approximate surface area is 161 Å². The van der Waals surface area contributed by atoms with Crippen LogP contribution in [0.2, 0.25) is 0 Å². The number of nitrogens with zero attached hydrogens (tertiary/aromatic N) is 2. The molecule has 6 nitrogen and oxygen atoms in total. The highest BCUT2D eigenvalue weighted by atomic mass is 19.4. The number of halogens is 3. The van der Waals surface area contributed by atoms with Gasteiger partial charge < -0.3 is 20.1 Å². The Bertz CT molecular complexity index is 782. The molecule has 0 saturated heterocycles. The number of alkyl halides is 3. The Morgan fingerprint density at radius 3 is 2.64 bits per heavy atom. The zero-order valence-corrected chi connectivity index (χ0v) is 15.7. The molecule has 1 aromatic heterocycles. The van der Waals surface area contributed by atoms with E-state index in [0.717, 1.165) is 17.4 Å². The van der Waals surface area contributed by atoms with Gasteiger partial charge in [-0.05, 0) is 25.1 Å². The fraction of sp³-hybridized carbons (Fsp3) is 0.368. The minimum absolute atomic E-state index is 0.000828. The highest BCUT2D eigenvalue weighted by molar-refractivity contribution is 5.79. The predicted octanol–water partition coefficient (Wildman–Crippen LogP) is 3.24. The monoisotopic (exact) mass is 396 g/mol. The Balaban J connectivity index is 1.92. The maximum absolute atomic E-state index is 12.9. The molecule has 0 fully saturated rings. The van der Waals surface area contributed by atoms with Crippen LogP contribution in [0.1, 0.15) is 18.1 Å². The fourth-order valence-electron chi connectivity index (χ4n) is 2.38. The second kappa shape index (κ2) is 10.4. The van der Waals surface area contributed by atoms with Crippen LogP contribution in [-0.2, 0) is 12.7 Å². The average molecular weight is 396 g/mol. The highest BCUT2D eigenvalue weighted by Crippen LogP contribution is 2.34. The third kappa shape index (κ3) is 6.33. The number of aromatic nitrogens is 1. The van der Waals surface area contributed by atoms with Crippen molar-refractivity contribution in [2.24, 2.45) is 4.99 Å². The van der Waals surface area contributed by atoms with Crippen LogP contribution in [0.5, 0.6) is 11.6 Å². The van der Waals surface area contributed by atoms with E-state index in [4.69, 9.17) is 9.47 Å². The first-order valence-electron chi connectivity index (χ1n) is 8.74. The zero-order valence-electron chi connectivity index (χ0n) is 15.7. The number of ether oxygens (including phenoxy) is 2. The van der Waals surface area contributed by atoms with E-state index in [1.54, 1.807) is 7.11 Å². The van der Waals surface area contributed by atoms with Crippen molar-refractivity contribution < 1.29 is 22.6 Å². The quantitative estimate of drug-likeness (QED) is 0.407. The standard InChI is InChI=1S/C19H23F3N4O2/c1-3-23-18(26-13-14-7-4-5-9-16(14)27-2)25-11-12-28-17-15(19(20,21)22)8-6-10-24-17/h4-10H,3,11-13H2,1-2H3,(H2,23,25,26). The number of methoxy groups -OCH3 is 1. The number of guanidine groups is 1. The molecule has 2 rings (SSSR count). The van der Waals surface area contributed by atoms with E-state index >= 15 is 0 Å². The van der Waals surface area contributed by atoms with Crippen LogP contribution in [0.4, 0.5) is 13.2 Å². The zero-order chi connectivity index (χ0) is 20.4. The second-order valence-corrected chi connectivity index (χ2v) is 5.64. The van der Waals surface area contributed by atoms with Crippen molar-refractivity contribution in [1.82, 2.24) is 15.6 Å². The number of nitrogens with one attached hydrogen (secondary N) is 2. The van der Waals surface area contributed by atoms with E-state index in [1.807, 2.05) is 31.2 Å². The smallest absolute Gasteiger partial charge is 0.421 e. The lowest BCUT2D eigenvalue weighted by molar-refractivity contribution is -0.139. The van der Waals surface area contributed by atoms with Crippen LogP contribution in [0.25, 0.3) is 0 Å². The first-order chi connectivity index (χ1) is 13.5. The number of para-hydroxylation sites is 1. The normalized spacial score (nSPS) is 11.8. The summed E-state index contributed by atoms with van der Waals surface area (Å²) in [5.41, 5.74) is 0.0218. The van der Waals surface area contributed by atoms with Crippen molar-refractivity contribution in [3.63, 3.8) is 0 Å². The summed E-state index contributed by atoms with van der Waals surface area (Å²) in [7, 11) is 1.59. The third-order valence-corrected chi connectivity index (χ3v) is 3.65. The Kier molecular flexibility index (Phi) is 7.91. The van der Waals surface area contributed by atoms with E-state index in [-0.39, 0.29) is 13.2 Å². The summed E-state index contributed by atoms with van der Waals surface area (Å²) >= 11 is 0. The molecule has 0 aliphatic carbocycles. The number of hydrogen-bond donors (Lipinski definition) is 2. The van der Waals surface area contributed by atoms with Crippen molar-refractivity contribution >= 4 is 5.96 Å². The molecule has 152 valence electrons. The van der Waals surface area contributed by atoms with E-state index in [9.17, 15) is 13.2 Å². The SMILES string of the molecule is CCNC(=NCc1ccccc1OC)NCCOc1ncccc1C(F)(F)F. The van der Waals surface area contributed by atoms with E-state index in [1.165, 1.54) is 12.3 Å². The third-order valence-electron chi connectivity index (χ3n) is 3.65. The summed E-state index contributed by atoms with van der Waals surface area (Å²) in [5, 5.41) is 6.09. The van der Waals surface area contributed by atoms with Crippen molar-refractivity contribution in [2.45, 2.75) is 19.6 Å². The van der Waals surface area contributed by atoms with Crippen molar-refractivity contribution in [3.8, 4) is 11.6 Å². The van der Waals surface area contributed by atoms with Gasteiger partial charge in [-0.1, -0.05) is 18.2 Å². The second-order valence-electron chi connectivity index (χ2n) is 5.64. The van der Waals surface area contributed by atoms with Gasteiger partial charge in [0.05, 0.1) is 20.2 Å². The van der Waals surface area contributed by atoms with Gasteiger partial charge in [-0.25, -0.2) is 9.98 Å². The van der Waals surface area contributed by atoms with Crippen molar-refractivity contribution in [2.75, 3.05) is 26.8 Å². The summed E-state index contributed by atoms with van der Waals surface area (Å²) < 4.78 is 49.3. The molecule has 2 N–H and O–H groups in total. The van der Waals surface area contributed by atoms with Gasteiger partial charge in [0.25, 0.3) is 0 Å². The molecule has 9 heteroatoms. The lowest BCUT2D eigenvalue weighted by Crippen LogP contribution is -2.39. The van der Waals surface area contributed by atoms with Gasteiger partial charge in [0.15, 0.2) is 5.96 Å². The van der Waals surface area contributed by atoms with Gasteiger partial charge in [0.2, 0.25) is 5.88 Å². The molecular weight excluding hydrogens is 373 g/mol. The van der Waals surface area contributed by atoms with Gasteiger partial charge in [0, 0.05) is 18.3 Å². The number of pyridine rings is 1. The van der Waals surface area contributed by atoms with Crippen LogP contribution < -0.4 is 20.1 Å². The number of hydrogen-bond acceptors (Lipinski definition) is 4. The van der Waals surface area contributed by atoms with Crippen molar-refractivity contribution in [1.29, 1.82) is 0 Å². The fourth-order valence-corrected chi connectivity index (χ4v) is 2.38. The Hall–Kier alpha value is -2.97. The molecule has 0 bridgehead atoms.